The predicted octanol–water partition coefficient (Wildman–Crippen LogP) is 2.00. The van der Waals surface area contributed by atoms with Crippen LogP contribution in [0.25, 0.3) is 4.96 Å². The minimum absolute atomic E-state index is 0.439. The van der Waals surface area contributed by atoms with Gasteiger partial charge in [0.1, 0.15) is 0 Å². The van der Waals surface area contributed by atoms with Crippen molar-refractivity contribution in [2.75, 3.05) is 6.61 Å². The Morgan fingerprint density at radius 1 is 1.71 bits per heavy atom. The largest absolute Gasteiger partial charge is 0.476 e. The third kappa shape index (κ3) is 1.39. The fourth-order valence-corrected chi connectivity index (χ4v) is 1.91. The zero-order valence-electron chi connectivity index (χ0n) is 7.77. The van der Waals surface area contributed by atoms with E-state index in [1.807, 2.05) is 18.5 Å². The second-order valence-corrected chi connectivity index (χ2v) is 3.70. The van der Waals surface area contributed by atoms with E-state index < -0.39 is 0 Å². The molecule has 4 nitrogen and oxygen atoms in total. The number of carbonyl (C=O) groups excluding carboxylic acids is 1. The van der Waals surface area contributed by atoms with Gasteiger partial charge < -0.3 is 4.74 Å². The zero-order valence-corrected chi connectivity index (χ0v) is 8.58. The number of rotatable bonds is 4. The summed E-state index contributed by atoms with van der Waals surface area (Å²) in [5, 5.41) is 1.89. The number of fused-ring (bicyclic) bond motifs is 1. The molecule has 0 amide bonds. The highest BCUT2D eigenvalue weighted by Gasteiger charge is 2.12. The van der Waals surface area contributed by atoms with E-state index in [-0.39, 0.29) is 0 Å². The maximum absolute atomic E-state index is 10.8. The van der Waals surface area contributed by atoms with Crippen LogP contribution in [-0.2, 0) is 0 Å². The number of carbonyl (C=O) groups is 1. The highest BCUT2D eigenvalue weighted by Crippen LogP contribution is 2.21. The van der Waals surface area contributed by atoms with Gasteiger partial charge in [0, 0.05) is 11.6 Å². The SMILES string of the molecule is CCCOc1nc2sccn2c1C=O. The van der Waals surface area contributed by atoms with Crippen molar-refractivity contribution < 1.29 is 9.53 Å². The van der Waals surface area contributed by atoms with Gasteiger partial charge in [0.25, 0.3) is 0 Å². The van der Waals surface area contributed by atoms with Crippen molar-refractivity contribution in [3.05, 3.63) is 17.3 Å². The van der Waals surface area contributed by atoms with Crippen LogP contribution in [-0.4, -0.2) is 22.3 Å². The van der Waals surface area contributed by atoms with Gasteiger partial charge in [0.15, 0.2) is 16.9 Å². The topological polar surface area (TPSA) is 43.6 Å². The number of hydrogen-bond donors (Lipinski definition) is 0. The lowest BCUT2D eigenvalue weighted by atomic mass is 10.5. The van der Waals surface area contributed by atoms with Gasteiger partial charge >= 0.3 is 0 Å². The molecule has 74 valence electrons. The molecule has 2 rings (SSSR count). The summed E-state index contributed by atoms with van der Waals surface area (Å²) in [6.07, 6.45) is 3.50. The van der Waals surface area contributed by atoms with E-state index in [0.29, 0.717) is 18.2 Å². The van der Waals surface area contributed by atoms with Crippen molar-refractivity contribution in [3.8, 4) is 5.88 Å². The van der Waals surface area contributed by atoms with Crippen LogP contribution in [0.2, 0.25) is 0 Å². The molecule has 0 aromatic carbocycles. The average molecular weight is 210 g/mol. The smallest absolute Gasteiger partial charge is 0.244 e. The molecule has 0 unspecified atom stereocenters. The van der Waals surface area contributed by atoms with Crippen LogP contribution in [0.15, 0.2) is 11.6 Å². The van der Waals surface area contributed by atoms with Crippen molar-refractivity contribution in [3.63, 3.8) is 0 Å². The van der Waals surface area contributed by atoms with Gasteiger partial charge in [0.05, 0.1) is 6.61 Å². The highest BCUT2D eigenvalue weighted by molar-refractivity contribution is 7.15. The maximum atomic E-state index is 10.8. The molecule has 5 heteroatoms. The number of aromatic nitrogens is 2. The first kappa shape index (κ1) is 9.21. The molecule has 0 N–H and O–H groups in total. The molecule has 0 fully saturated rings. The summed E-state index contributed by atoms with van der Waals surface area (Å²) in [6, 6.07) is 0. The molecule has 0 spiro atoms. The van der Waals surface area contributed by atoms with Gasteiger partial charge in [-0.05, 0) is 6.42 Å². The summed E-state index contributed by atoms with van der Waals surface area (Å²) in [7, 11) is 0. The first-order valence-corrected chi connectivity index (χ1v) is 5.28. The van der Waals surface area contributed by atoms with Crippen LogP contribution in [0.1, 0.15) is 23.8 Å². The van der Waals surface area contributed by atoms with E-state index in [1.54, 1.807) is 4.40 Å². The number of hydrogen-bond acceptors (Lipinski definition) is 4. The highest BCUT2D eigenvalue weighted by atomic mass is 32.1. The molecule has 2 heterocycles. The Labute approximate surface area is 85.1 Å². The van der Waals surface area contributed by atoms with Gasteiger partial charge in [0.2, 0.25) is 5.88 Å². The van der Waals surface area contributed by atoms with Crippen LogP contribution in [0.5, 0.6) is 5.88 Å². The Morgan fingerprint density at radius 3 is 3.29 bits per heavy atom. The summed E-state index contributed by atoms with van der Waals surface area (Å²) < 4.78 is 7.10. The summed E-state index contributed by atoms with van der Waals surface area (Å²) in [5.74, 6) is 0.439. The fourth-order valence-electron chi connectivity index (χ4n) is 1.20. The van der Waals surface area contributed by atoms with Crippen molar-refractivity contribution >= 4 is 22.6 Å². The van der Waals surface area contributed by atoms with Gasteiger partial charge in [-0.2, -0.15) is 4.98 Å². The number of aldehydes is 1. The van der Waals surface area contributed by atoms with Crippen LogP contribution in [0, 0.1) is 0 Å². The average Bonchev–Trinajstić information content (AvgIpc) is 2.73. The summed E-state index contributed by atoms with van der Waals surface area (Å²) in [6.45, 7) is 2.60. The van der Waals surface area contributed by atoms with Crippen molar-refractivity contribution in [1.29, 1.82) is 0 Å². The van der Waals surface area contributed by atoms with E-state index >= 15 is 0 Å². The van der Waals surface area contributed by atoms with Crippen LogP contribution < -0.4 is 4.74 Å². The Hall–Kier alpha value is -1.36. The van der Waals surface area contributed by atoms with E-state index in [2.05, 4.69) is 4.98 Å². The van der Waals surface area contributed by atoms with Crippen molar-refractivity contribution in [1.82, 2.24) is 9.38 Å². The minimum atomic E-state index is 0.439. The predicted molar refractivity (Wildman–Crippen MR) is 54.2 cm³/mol. The molecular weight excluding hydrogens is 200 g/mol. The molecular formula is C9H10N2O2S. The van der Waals surface area contributed by atoms with E-state index in [9.17, 15) is 4.79 Å². The molecule has 14 heavy (non-hydrogen) atoms. The van der Waals surface area contributed by atoms with E-state index in [0.717, 1.165) is 17.7 Å². The molecule has 2 aromatic heterocycles. The van der Waals surface area contributed by atoms with Crippen LogP contribution >= 0.6 is 11.3 Å². The fraction of sp³-hybridized carbons (Fsp3) is 0.333. The molecule has 0 aliphatic rings. The van der Waals surface area contributed by atoms with Gasteiger partial charge in [-0.15, -0.1) is 11.3 Å². The lowest BCUT2D eigenvalue weighted by Crippen LogP contribution is -1.98. The van der Waals surface area contributed by atoms with Gasteiger partial charge in [-0.1, -0.05) is 6.92 Å². The molecule has 0 atom stereocenters. The third-order valence-corrected chi connectivity index (χ3v) is 2.58. The van der Waals surface area contributed by atoms with Crippen molar-refractivity contribution in [2.45, 2.75) is 13.3 Å². The number of ether oxygens (including phenoxy) is 1. The maximum Gasteiger partial charge on any atom is 0.244 e. The van der Waals surface area contributed by atoms with Crippen LogP contribution in [0.4, 0.5) is 0 Å². The number of imidazole rings is 1. The first-order valence-electron chi connectivity index (χ1n) is 4.40. The number of nitrogens with zero attached hydrogens (tertiary/aromatic N) is 2. The second kappa shape index (κ2) is 3.79. The molecule has 0 saturated carbocycles. The third-order valence-electron chi connectivity index (χ3n) is 1.82. The molecule has 0 aliphatic heterocycles. The first-order chi connectivity index (χ1) is 6.86. The van der Waals surface area contributed by atoms with E-state index in [4.69, 9.17) is 4.74 Å². The molecule has 2 aromatic rings. The zero-order chi connectivity index (χ0) is 9.97. The lowest BCUT2D eigenvalue weighted by molar-refractivity contribution is 0.111. The second-order valence-electron chi connectivity index (χ2n) is 2.82. The van der Waals surface area contributed by atoms with Crippen molar-refractivity contribution in [2.24, 2.45) is 0 Å². The van der Waals surface area contributed by atoms with Crippen LogP contribution in [0.3, 0.4) is 0 Å². The Morgan fingerprint density at radius 2 is 2.57 bits per heavy atom. The van der Waals surface area contributed by atoms with Gasteiger partial charge in [-0.3, -0.25) is 9.20 Å². The molecule has 0 saturated heterocycles. The summed E-state index contributed by atoms with van der Waals surface area (Å²) >= 11 is 1.48. The quantitative estimate of drug-likeness (QED) is 0.725. The van der Waals surface area contributed by atoms with Gasteiger partial charge in [-0.25, -0.2) is 0 Å². The normalized spacial score (nSPS) is 10.6. The Bertz CT molecular complexity index is 447. The lowest BCUT2D eigenvalue weighted by Gasteiger charge is -1.99. The van der Waals surface area contributed by atoms with E-state index in [1.165, 1.54) is 11.3 Å². The minimum Gasteiger partial charge on any atom is -0.476 e. The monoisotopic (exact) mass is 210 g/mol. The Balaban J connectivity index is 2.42. The number of thiazole rings is 1. The Kier molecular flexibility index (Phi) is 2.49. The summed E-state index contributed by atoms with van der Waals surface area (Å²) in [4.78, 5) is 15.8. The summed E-state index contributed by atoms with van der Waals surface area (Å²) in [5.41, 5.74) is 0.495. The molecule has 0 bridgehead atoms. The molecule has 0 aliphatic carbocycles. The molecule has 0 radical (unpaired) electrons. The standard InChI is InChI=1S/C9H10N2O2S/c1-2-4-13-8-7(6-12)11-3-5-14-9(11)10-8/h3,5-6H,2,4H2,1H3.